The molecule has 36 heavy (non-hydrogen) atoms. The van der Waals surface area contributed by atoms with Crippen LogP contribution in [0.2, 0.25) is 0 Å². The van der Waals surface area contributed by atoms with E-state index in [4.69, 9.17) is 11.3 Å². The second-order valence-corrected chi connectivity index (χ2v) is 11.6. The molecule has 4 rings (SSSR count). The average Bonchev–Trinajstić information content (AvgIpc) is 2.85. The number of nitrogens with one attached hydrogen (secondary N) is 1. The van der Waals surface area contributed by atoms with Crippen molar-refractivity contribution < 1.29 is 14.3 Å². The van der Waals surface area contributed by atoms with Gasteiger partial charge in [-0.25, -0.2) is 4.85 Å². The van der Waals surface area contributed by atoms with Crippen LogP contribution < -0.4 is 15.0 Å². The van der Waals surface area contributed by atoms with Crippen molar-refractivity contribution in [3.63, 3.8) is 0 Å². The number of hydrogen-bond acceptors (Lipinski definition) is 4. The summed E-state index contributed by atoms with van der Waals surface area (Å²) in [4.78, 5) is 30.1. The fourth-order valence-electron chi connectivity index (χ4n) is 6.43. The van der Waals surface area contributed by atoms with Crippen LogP contribution in [0.1, 0.15) is 62.0 Å². The molecule has 6 nitrogen and oxygen atoms in total. The van der Waals surface area contributed by atoms with Crippen LogP contribution >= 0.6 is 0 Å². The lowest BCUT2D eigenvalue weighted by molar-refractivity contribution is -0.164. The van der Waals surface area contributed by atoms with Crippen molar-refractivity contribution in [2.45, 2.75) is 66.5 Å². The molecule has 2 aromatic carbocycles. The Morgan fingerprint density at radius 1 is 1.06 bits per heavy atom. The molecule has 190 valence electrons. The number of carbonyl (C=O) groups is 2. The first-order valence-corrected chi connectivity index (χ1v) is 12.8. The minimum Gasteiger partial charge on any atom is -0.489 e. The van der Waals surface area contributed by atoms with Gasteiger partial charge in [0.05, 0.1) is 6.57 Å². The number of rotatable bonds is 6. The molecule has 1 amide bonds. The predicted molar refractivity (Wildman–Crippen MR) is 143 cm³/mol. The smallest absolute Gasteiger partial charge is 0.251 e. The molecule has 2 aromatic rings. The largest absolute Gasteiger partial charge is 0.489 e. The van der Waals surface area contributed by atoms with Gasteiger partial charge in [-0.3, -0.25) is 4.79 Å². The van der Waals surface area contributed by atoms with E-state index < -0.39 is 0 Å². The van der Waals surface area contributed by atoms with Gasteiger partial charge in [0.2, 0.25) is 0 Å². The van der Waals surface area contributed by atoms with Gasteiger partial charge in [0.1, 0.15) is 18.1 Å². The number of aryl methyl sites for hydroxylation is 2. The first-order valence-electron chi connectivity index (χ1n) is 12.8. The van der Waals surface area contributed by atoms with E-state index >= 15 is 0 Å². The standard InChI is InChI=1S/C30H37N3O3/c1-19-16-24(17-20(2)25(19)31-7)36-28-29(3,4)27(30(28,5)6)32-26(35)22-8-10-23(11-9-22)33-14-12-21(18-34)13-15-33/h8-11,16-18,21,27-28H,12-15H2,1-6H3,(H,32,35). The second kappa shape index (κ2) is 9.61. The van der Waals surface area contributed by atoms with Crippen molar-refractivity contribution in [2.75, 3.05) is 18.0 Å². The maximum absolute atomic E-state index is 13.2. The zero-order valence-corrected chi connectivity index (χ0v) is 22.2. The van der Waals surface area contributed by atoms with Crippen LogP contribution in [0, 0.1) is 37.2 Å². The van der Waals surface area contributed by atoms with E-state index in [2.05, 4.69) is 42.8 Å². The summed E-state index contributed by atoms with van der Waals surface area (Å²) in [6.45, 7) is 21.5. The van der Waals surface area contributed by atoms with E-state index in [-0.39, 0.29) is 34.8 Å². The summed E-state index contributed by atoms with van der Waals surface area (Å²) < 4.78 is 6.48. The van der Waals surface area contributed by atoms with E-state index in [0.29, 0.717) is 11.3 Å². The number of nitrogens with zero attached hydrogens (tertiary/aromatic N) is 2. The van der Waals surface area contributed by atoms with Crippen LogP contribution in [0.3, 0.4) is 0 Å². The molecule has 1 N–H and O–H groups in total. The van der Waals surface area contributed by atoms with Crippen molar-refractivity contribution in [3.05, 3.63) is 64.5 Å². The molecule has 0 spiro atoms. The number of hydrogen-bond donors (Lipinski definition) is 1. The summed E-state index contributed by atoms with van der Waals surface area (Å²) in [6.07, 6.45) is 2.73. The molecule has 0 aromatic heterocycles. The molecule has 1 aliphatic carbocycles. The molecule has 2 fully saturated rings. The fourth-order valence-corrected chi connectivity index (χ4v) is 6.43. The van der Waals surface area contributed by atoms with Crippen LogP contribution in [-0.4, -0.2) is 37.4 Å². The lowest BCUT2D eigenvalue weighted by Crippen LogP contribution is -2.74. The highest BCUT2D eigenvalue weighted by atomic mass is 16.5. The molecule has 1 aliphatic heterocycles. The first-order chi connectivity index (χ1) is 17.0. The van der Waals surface area contributed by atoms with E-state index in [0.717, 1.165) is 54.8 Å². The Balaban J connectivity index is 1.42. The molecule has 1 saturated heterocycles. The van der Waals surface area contributed by atoms with Crippen LogP contribution in [-0.2, 0) is 4.79 Å². The Kier molecular flexibility index (Phi) is 6.88. The van der Waals surface area contributed by atoms with E-state index in [9.17, 15) is 9.59 Å². The Labute approximate surface area is 214 Å². The van der Waals surface area contributed by atoms with E-state index in [1.54, 1.807) is 0 Å². The monoisotopic (exact) mass is 487 g/mol. The zero-order chi connectivity index (χ0) is 26.3. The summed E-state index contributed by atoms with van der Waals surface area (Å²) in [5.41, 5.74) is 3.68. The average molecular weight is 488 g/mol. The Bertz CT molecular complexity index is 1150. The lowest BCUT2D eigenvalue weighted by Gasteiger charge is -2.63. The number of anilines is 1. The van der Waals surface area contributed by atoms with Gasteiger partial charge in [-0.1, -0.05) is 27.7 Å². The number of benzene rings is 2. The van der Waals surface area contributed by atoms with Crippen molar-refractivity contribution in [1.29, 1.82) is 0 Å². The molecule has 0 bridgehead atoms. The quantitative estimate of drug-likeness (QED) is 0.408. The van der Waals surface area contributed by atoms with Crippen molar-refractivity contribution in [2.24, 2.45) is 16.7 Å². The molecule has 0 radical (unpaired) electrons. The molecule has 6 heteroatoms. The molecular weight excluding hydrogens is 450 g/mol. The molecule has 1 saturated carbocycles. The number of piperidine rings is 1. The van der Waals surface area contributed by atoms with Gasteiger partial charge in [-0.05, 0) is 74.2 Å². The van der Waals surface area contributed by atoms with Gasteiger partial charge >= 0.3 is 0 Å². The number of carbonyl (C=O) groups excluding carboxylic acids is 2. The summed E-state index contributed by atoms with van der Waals surface area (Å²) >= 11 is 0. The molecule has 0 unspecified atom stereocenters. The minimum absolute atomic E-state index is 0.0609. The highest BCUT2D eigenvalue weighted by Crippen LogP contribution is 2.55. The van der Waals surface area contributed by atoms with Crippen LogP contribution in [0.15, 0.2) is 36.4 Å². The summed E-state index contributed by atoms with van der Waals surface area (Å²) in [5.74, 6) is 0.847. The van der Waals surface area contributed by atoms with Crippen LogP contribution in [0.25, 0.3) is 4.85 Å². The van der Waals surface area contributed by atoms with E-state index in [1.165, 1.54) is 0 Å². The van der Waals surface area contributed by atoms with E-state index in [1.807, 2.05) is 50.2 Å². The summed E-state index contributed by atoms with van der Waals surface area (Å²) in [6, 6.07) is 11.6. The Hall–Kier alpha value is -3.33. The highest BCUT2D eigenvalue weighted by Gasteiger charge is 2.64. The van der Waals surface area contributed by atoms with Gasteiger partial charge in [-0.15, -0.1) is 0 Å². The van der Waals surface area contributed by atoms with Crippen LogP contribution in [0.4, 0.5) is 11.4 Å². The lowest BCUT2D eigenvalue weighted by atomic mass is 9.49. The van der Waals surface area contributed by atoms with Crippen molar-refractivity contribution >= 4 is 23.6 Å². The van der Waals surface area contributed by atoms with Crippen LogP contribution in [0.5, 0.6) is 5.75 Å². The maximum Gasteiger partial charge on any atom is 0.251 e. The van der Waals surface area contributed by atoms with Gasteiger partial charge in [0, 0.05) is 47.1 Å². The zero-order valence-electron chi connectivity index (χ0n) is 22.2. The van der Waals surface area contributed by atoms with Gasteiger partial charge in [-0.2, -0.15) is 0 Å². The van der Waals surface area contributed by atoms with Crippen molar-refractivity contribution in [3.8, 4) is 5.75 Å². The van der Waals surface area contributed by atoms with Crippen molar-refractivity contribution in [1.82, 2.24) is 5.32 Å². The highest BCUT2D eigenvalue weighted by molar-refractivity contribution is 5.95. The van der Waals surface area contributed by atoms with Gasteiger partial charge < -0.3 is 19.7 Å². The molecule has 1 heterocycles. The number of aldehydes is 1. The third-order valence-electron chi connectivity index (χ3n) is 8.17. The first kappa shape index (κ1) is 25.8. The molecular formula is C30H37N3O3. The normalized spacial score (nSPS) is 22.8. The topological polar surface area (TPSA) is 63.0 Å². The van der Waals surface area contributed by atoms with Gasteiger partial charge in [0.15, 0.2) is 5.69 Å². The Morgan fingerprint density at radius 2 is 1.61 bits per heavy atom. The fraction of sp³-hybridized carbons (Fsp3) is 0.500. The predicted octanol–water partition coefficient (Wildman–Crippen LogP) is 5.88. The third-order valence-corrected chi connectivity index (χ3v) is 8.17. The summed E-state index contributed by atoms with van der Waals surface area (Å²) in [5, 5.41) is 3.27. The second-order valence-electron chi connectivity index (χ2n) is 11.6. The summed E-state index contributed by atoms with van der Waals surface area (Å²) in [7, 11) is 0. The SMILES string of the molecule is [C-]#[N+]c1c(C)cc(OC2C(C)(C)C(NC(=O)c3ccc(N4CCC(C=O)CC4)cc3)C2(C)C)cc1C. The number of amides is 1. The Morgan fingerprint density at radius 3 is 2.11 bits per heavy atom. The third kappa shape index (κ3) is 4.59. The maximum atomic E-state index is 13.2. The van der Waals surface area contributed by atoms with Gasteiger partial charge in [0.25, 0.3) is 5.91 Å². The minimum atomic E-state index is -0.275. The number of ether oxygens (including phenoxy) is 1. The molecule has 0 atom stereocenters. The molecule has 2 aliphatic rings.